The number of thioether (sulfide) groups is 1. The normalized spacial score (nSPS) is 17.5. The number of non-ortho nitro benzene ring substituents is 1. The molecule has 6 heteroatoms. The number of hydrogen-bond acceptors (Lipinski definition) is 4. The second kappa shape index (κ2) is 5.09. The van der Waals surface area contributed by atoms with Crippen LogP contribution in [0.3, 0.4) is 0 Å². The van der Waals surface area contributed by atoms with Crippen LogP contribution in [-0.4, -0.2) is 10.3 Å². The van der Waals surface area contributed by atoms with E-state index in [-0.39, 0.29) is 28.4 Å². The number of halogens is 1. The van der Waals surface area contributed by atoms with E-state index in [4.69, 9.17) is 0 Å². The maximum Gasteiger partial charge on any atom is 0.270 e. The average Bonchev–Trinajstić information content (AvgIpc) is 2.85. The Balaban J connectivity index is 0.00000132. The van der Waals surface area contributed by atoms with Crippen molar-refractivity contribution in [1.82, 2.24) is 0 Å². The molecule has 2 aromatic carbocycles. The van der Waals surface area contributed by atoms with Gasteiger partial charge in [0.2, 0.25) is 0 Å². The van der Waals surface area contributed by atoms with Gasteiger partial charge in [-0.2, -0.15) is 0 Å². The van der Waals surface area contributed by atoms with Crippen LogP contribution >= 0.6 is 24.2 Å². The molecule has 0 N–H and O–H groups in total. The van der Waals surface area contributed by atoms with Crippen molar-refractivity contribution in [2.24, 2.45) is 0 Å². The summed E-state index contributed by atoms with van der Waals surface area (Å²) in [4.78, 5) is 14.0. The Labute approximate surface area is 132 Å². The van der Waals surface area contributed by atoms with E-state index in [0.29, 0.717) is 0 Å². The molecule has 106 valence electrons. The van der Waals surface area contributed by atoms with E-state index in [1.807, 2.05) is 24.3 Å². The first-order valence-electron chi connectivity index (χ1n) is 6.25. The molecule has 0 saturated heterocycles. The van der Waals surface area contributed by atoms with Crippen LogP contribution < -0.4 is 4.90 Å². The van der Waals surface area contributed by atoms with E-state index in [1.54, 1.807) is 23.9 Å². The number of nitrogens with zero attached hydrogens (tertiary/aromatic N) is 2. The molecular formula is C15H11ClN2O2S. The molecule has 0 amide bonds. The quantitative estimate of drug-likeness (QED) is 0.569. The second-order valence-corrected chi connectivity index (χ2v) is 5.86. The first kappa shape index (κ1) is 14.0. The Hall–Kier alpha value is -1.98. The summed E-state index contributed by atoms with van der Waals surface area (Å²) in [5.41, 5.74) is 3.22. The van der Waals surface area contributed by atoms with Crippen molar-refractivity contribution in [3.63, 3.8) is 0 Å². The number of rotatable bonds is 1. The van der Waals surface area contributed by atoms with E-state index in [1.165, 1.54) is 10.6 Å². The lowest BCUT2D eigenvalue weighted by atomic mass is 10.1. The Morgan fingerprint density at radius 3 is 2.76 bits per heavy atom. The maximum atomic E-state index is 10.9. The van der Waals surface area contributed by atoms with Crippen LogP contribution in [0.2, 0.25) is 0 Å². The van der Waals surface area contributed by atoms with Crippen LogP contribution in [0.1, 0.15) is 5.56 Å². The minimum absolute atomic E-state index is 0. The molecule has 0 aliphatic carbocycles. The van der Waals surface area contributed by atoms with Gasteiger partial charge in [0, 0.05) is 22.6 Å². The number of anilines is 2. The fourth-order valence-corrected chi connectivity index (χ4v) is 3.86. The summed E-state index contributed by atoms with van der Waals surface area (Å²) in [6.07, 6.45) is 4.07. The number of para-hydroxylation sites is 1. The van der Waals surface area contributed by atoms with Crippen LogP contribution in [-0.2, 0) is 0 Å². The Morgan fingerprint density at radius 2 is 1.95 bits per heavy atom. The molecule has 21 heavy (non-hydrogen) atoms. The summed E-state index contributed by atoms with van der Waals surface area (Å²) in [6.45, 7) is 0. The van der Waals surface area contributed by atoms with E-state index in [0.717, 1.165) is 11.3 Å². The summed E-state index contributed by atoms with van der Waals surface area (Å²) in [5, 5.41) is 11.1. The number of nitro groups is 1. The minimum atomic E-state index is -0.354. The molecule has 0 saturated carbocycles. The largest absolute Gasteiger partial charge is 0.323 e. The van der Waals surface area contributed by atoms with Crippen LogP contribution in [0, 0.1) is 10.1 Å². The smallest absolute Gasteiger partial charge is 0.270 e. The monoisotopic (exact) mass is 318 g/mol. The summed E-state index contributed by atoms with van der Waals surface area (Å²) < 4.78 is 0. The van der Waals surface area contributed by atoms with Gasteiger partial charge in [-0.15, -0.1) is 12.4 Å². The van der Waals surface area contributed by atoms with Crippen molar-refractivity contribution in [1.29, 1.82) is 0 Å². The van der Waals surface area contributed by atoms with E-state index >= 15 is 0 Å². The summed E-state index contributed by atoms with van der Waals surface area (Å²) >= 11 is 1.80. The number of hydrogen-bond donors (Lipinski definition) is 0. The van der Waals surface area contributed by atoms with Crippen molar-refractivity contribution in [3.8, 4) is 0 Å². The highest BCUT2D eigenvalue weighted by Crippen LogP contribution is 2.50. The first-order chi connectivity index (χ1) is 9.74. The third kappa shape index (κ3) is 2.09. The van der Waals surface area contributed by atoms with Crippen molar-refractivity contribution in [2.45, 2.75) is 10.3 Å². The van der Waals surface area contributed by atoms with E-state index < -0.39 is 0 Å². The zero-order valence-corrected chi connectivity index (χ0v) is 12.4. The Kier molecular flexibility index (Phi) is 3.39. The molecule has 0 radical (unpaired) electrons. The lowest BCUT2D eigenvalue weighted by molar-refractivity contribution is -0.384. The fraction of sp³-hybridized carbons (Fsp3) is 0.0667. The standard InChI is InChI=1S/C15H10N2O2S.ClH/c18-17(19)11-6-7-12-10(9-11)5-8-15-16(12)13-3-1-2-4-14(13)20-15;/h1-9,15H;1H. The summed E-state index contributed by atoms with van der Waals surface area (Å²) in [5.74, 6) is 0. The Bertz CT molecular complexity index is 763. The number of benzene rings is 2. The van der Waals surface area contributed by atoms with Crippen molar-refractivity contribution in [2.75, 3.05) is 4.90 Å². The third-order valence-corrected chi connectivity index (χ3v) is 4.76. The van der Waals surface area contributed by atoms with Crippen molar-refractivity contribution < 1.29 is 4.92 Å². The van der Waals surface area contributed by atoms with Gasteiger partial charge in [0.1, 0.15) is 5.37 Å². The van der Waals surface area contributed by atoms with Gasteiger partial charge in [-0.1, -0.05) is 36.0 Å². The topological polar surface area (TPSA) is 46.4 Å². The van der Waals surface area contributed by atoms with Gasteiger partial charge in [-0.25, -0.2) is 0 Å². The molecule has 2 aliphatic rings. The van der Waals surface area contributed by atoms with Gasteiger partial charge in [0.05, 0.1) is 16.3 Å². The molecule has 2 heterocycles. The zero-order chi connectivity index (χ0) is 13.7. The Morgan fingerprint density at radius 1 is 1.14 bits per heavy atom. The summed E-state index contributed by atoms with van der Waals surface area (Å²) in [7, 11) is 0. The SMILES string of the molecule is Cl.O=[N+]([O-])c1ccc2c(c1)C=CC1Sc3ccccc3N21. The highest BCUT2D eigenvalue weighted by atomic mass is 35.5. The molecule has 2 aliphatic heterocycles. The minimum Gasteiger partial charge on any atom is -0.323 e. The van der Waals surface area contributed by atoms with Crippen molar-refractivity contribution >= 4 is 47.3 Å². The predicted molar refractivity (Wildman–Crippen MR) is 87.6 cm³/mol. The van der Waals surface area contributed by atoms with E-state index in [9.17, 15) is 10.1 Å². The second-order valence-electron chi connectivity index (χ2n) is 4.71. The molecule has 0 fully saturated rings. The van der Waals surface area contributed by atoms with Gasteiger partial charge in [-0.05, 0) is 18.2 Å². The van der Waals surface area contributed by atoms with Gasteiger partial charge < -0.3 is 4.90 Å². The highest BCUT2D eigenvalue weighted by Gasteiger charge is 2.33. The third-order valence-electron chi connectivity index (χ3n) is 3.55. The fourth-order valence-electron chi connectivity index (χ4n) is 2.66. The summed E-state index contributed by atoms with van der Waals surface area (Å²) in [6, 6.07) is 13.3. The lowest BCUT2D eigenvalue weighted by Crippen LogP contribution is -2.25. The molecular weight excluding hydrogens is 308 g/mol. The van der Waals surface area contributed by atoms with Crippen LogP contribution in [0.4, 0.5) is 17.1 Å². The number of nitro benzene ring substituents is 1. The maximum absolute atomic E-state index is 10.9. The molecule has 0 aromatic heterocycles. The van der Waals surface area contributed by atoms with Gasteiger partial charge >= 0.3 is 0 Å². The molecule has 2 aromatic rings. The molecule has 0 bridgehead atoms. The van der Waals surface area contributed by atoms with Crippen LogP contribution in [0.25, 0.3) is 6.08 Å². The molecule has 0 spiro atoms. The van der Waals surface area contributed by atoms with Crippen LogP contribution in [0.5, 0.6) is 0 Å². The van der Waals surface area contributed by atoms with Gasteiger partial charge in [-0.3, -0.25) is 10.1 Å². The predicted octanol–water partition coefficient (Wildman–Crippen LogP) is 4.61. The van der Waals surface area contributed by atoms with Crippen LogP contribution in [0.15, 0.2) is 53.4 Å². The highest BCUT2D eigenvalue weighted by molar-refractivity contribution is 8.00. The zero-order valence-electron chi connectivity index (χ0n) is 10.8. The molecule has 1 unspecified atom stereocenters. The van der Waals surface area contributed by atoms with E-state index in [2.05, 4.69) is 23.1 Å². The lowest BCUT2D eigenvalue weighted by Gasteiger charge is -2.29. The molecule has 4 rings (SSSR count). The molecule has 4 nitrogen and oxygen atoms in total. The first-order valence-corrected chi connectivity index (χ1v) is 7.13. The van der Waals surface area contributed by atoms with Gasteiger partial charge in [0.15, 0.2) is 0 Å². The average molecular weight is 319 g/mol. The van der Waals surface area contributed by atoms with Crippen molar-refractivity contribution in [3.05, 3.63) is 64.2 Å². The van der Waals surface area contributed by atoms with Gasteiger partial charge in [0.25, 0.3) is 5.69 Å². The number of fused-ring (bicyclic) bond motifs is 5. The molecule has 1 atom stereocenters.